The van der Waals surface area contributed by atoms with E-state index in [0.29, 0.717) is 0 Å². The van der Waals surface area contributed by atoms with Crippen LogP contribution in [-0.4, -0.2) is 40.7 Å². The lowest BCUT2D eigenvalue weighted by molar-refractivity contribution is 0.0698. The van der Waals surface area contributed by atoms with E-state index in [9.17, 15) is 0 Å². The highest BCUT2D eigenvalue weighted by Crippen LogP contribution is 1.93. The fourth-order valence-corrected chi connectivity index (χ4v) is 0.150. The van der Waals surface area contributed by atoms with Gasteiger partial charge in [-0.2, -0.15) is 0 Å². The number of halogens is 1. The fourth-order valence-electron chi connectivity index (χ4n) is 0.150. The van der Waals surface area contributed by atoms with E-state index in [1.54, 1.807) is 0 Å². The Morgan fingerprint density at radius 1 is 1.00 bits per heavy atom. The van der Waals surface area contributed by atoms with Gasteiger partial charge in [0.2, 0.25) is 0 Å². The van der Waals surface area contributed by atoms with E-state index in [1.165, 1.54) is 0 Å². The van der Waals surface area contributed by atoms with E-state index in [2.05, 4.69) is 0 Å². The lowest BCUT2D eigenvalue weighted by atomic mass is 10.1. The average molecular weight is 249 g/mol. The van der Waals surface area contributed by atoms with Crippen LogP contribution in [0.15, 0.2) is 0 Å². The molecule has 0 radical (unpaired) electrons. The molecule has 0 aromatic rings. The summed E-state index contributed by atoms with van der Waals surface area (Å²) in [5.74, 6) is 0. The molecular weight excluding hydrogens is 237 g/mol. The molecule has 0 bridgehead atoms. The van der Waals surface area contributed by atoms with Gasteiger partial charge in [0.25, 0.3) is 0 Å². The number of aliphatic hydroxyl groups is 3. The summed E-state index contributed by atoms with van der Waals surface area (Å²) in [6.07, 6.45) is 0. The molecule has 9 heavy (non-hydrogen) atoms. The van der Waals surface area contributed by atoms with Crippen molar-refractivity contribution in [2.75, 3.05) is 19.8 Å². The van der Waals surface area contributed by atoms with Crippen molar-refractivity contribution in [2.45, 2.75) is 5.54 Å². The molecule has 0 atom stereocenters. The SMILES string of the molecule is I.NC(CO)(CO)CO. The molecule has 0 aliphatic carbocycles. The van der Waals surface area contributed by atoms with Gasteiger partial charge in [-0.25, -0.2) is 0 Å². The van der Waals surface area contributed by atoms with Gasteiger partial charge < -0.3 is 21.1 Å². The monoisotopic (exact) mass is 249 g/mol. The van der Waals surface area contributed by atoms with Crippen LogP contribution in [0.5, 0.6) is 0 Å². The van der Waals surface area contributed by atoms with Crippen LogP contribution in [-0.2, 0) is 0 Å². The Bertz CT molecular complexity index is 58.6. The number of nitrogens with two attached hydrogens (primary N) is 1. The maximum atomic E-state index is 8.34. The second kappa shape index (κ2) is 5.36. The van der Waals surface area contributed by atoms with Gasteiger partial charge in [-0.05, 0) is 0 Å². The summed E-state index contributed by atoms with van der Waals surface area (Å²) in [7, 11) is 0. The summed E-state index contributed by atoms with van der Waals surface area (Å²) >= 11 is 0. The third kappa shape index (κ3) is 4.04. The van der Waals surface area contributed by atoms with Crippen molar-refractivity contribution in [3.05, 3.63) is 0 Å². The standard InChI is InChI=1S/C4H11NO3.HI/c5-4(1-6,2-7)3-8;/h6-8H,1-3,5H2;1H. The van der Waals surface area contributed by atoms with Crippen molar-refractivity contribution in [1.82, 2.24) is 0 Å². The smallest absolute Gasteiger partial charge is 0.0856 e. The van der Waals surface area contributed by atoms with Crippen molar-refractivity contribution in [1.29, 1.82) is 0 Å². The van der Waals surface area contributed by atoms with Crippen LogP contribution in [0.3, 0.4) is 0 Å². The summed E-state index contributed by atoms with van der Waals surface area (Å²) in [4.78, 5) is 0. The second-order valence-electron chi connectivity index (χ2n) is 1.84. The number of rotatable bonds is 3. The van der Waals surface area contributed by atoms with Gasteiger partial charge in [0.05, 0.1) is 25.4 Å². The number of aliphatic hydroxyl groups excluding tert-OH is 3. The lowest BCUT2D eigenvalue weighted by Crippen LogP contribution is -2.50. The molecule has 4 nitrogen and oxygen atoms in total. The van der Waals surface area contributed by atoms with Gasteiger partial charge >= 0.3 is 0 Å². The number of hydrogen-bond donors (Lipinski definition) is 4. The zero-order valence-electron chi connectivity index (χ0n) is 4.95. The van der Waals surface area contributed by atoms with Crippen LogP contribution in [0, 0.1) is 0 Å². The Hall–Kier alpha value is 0.570. The maximum absolute atomic E-state index is 8.34. The van der Waals surface area contributed by atoms with Gasteiger partial charge in [0, 0.05) is 0 Å². The van der Waals surface area contributed by atoms with Crippen molar-refractivity contribution in [2.24, 2.45) is 5.73 Å². The van der Waals surface area contributed by atoms with E-state index in [1.807, 2.05) is 0 Å². The van der Waals surface area contributed by atoms with Crippen LogP contribution in [0.4, 0.5) is 0 Å². The lowest BCUT2D eigenvalue weighted by Gasteiger charge is -2.20. The first-order valence-electron chi connectivity index (χ1n) is 2.30. The van der Waals surface area contributed by atoms with Crippen molar-refractivity contribution in [3.8, 4) is 0 Å². The predicted octanol–water partition coefficient (Wildman–Crippen LogP) is -1.72. The third-order valence-electron chi connectivity index (χ3n) is 0.945. The molecule has 0 fully saturated rings. The highest BCUT2D eigenvalue weighted by Gasteiger charge is 2.20. The first-order chi connectivity index (χ1) is 3.68. The van der Waals surface area contributed by atoms with Crippen molar-refractivity contribution < 1.29 is 15.3 Å². The Labute approximate surface area is 70.7 Å². The van der Waals surface area contributed by atoms with Gasteiger partial charge in [-0.1, -0.05) is 0 Å². The maximum Gasteiger partial charge on any atom is 0.0856 e. The molecule has 5 N–H and O–H groups in total. The van der Waals surface area contributed by atoms with Crippen molar-refractivity contribution >= 4 is 24.0 Å². The Kier molecular flexibility index (Phi) is 7.31. The topological polar surface area (TPSA) is 86.7 Å². The highest BCUT2D eigenvalue weighted by atomic mass is 127. The van der Waals surface area contributed by atoms with Crippen LogP contribution < -0.4 is 5.73 Å². The summed E-state index contributed by atoms with van der Waals surface area (Å²) in [6.45, 7) is -1.21. The molecule has 0 saturated heterocycles. The molecule has 0 aromatic heterocycles. The highest BCUT2D eigenvalue weighted by molar-refractivity contribution is 14.0. The van der Waals surface area contributed by atoms with E-state index in [0.717, 1.165) is 0 Å². The molecule has 0 aromatic carbocycles. The predicted molar refractivity (Wildman–Crippen MR) is 43.6 cm³/mol. The largest absolute Gasteiger partial charge is 0.394 e. The third-order valence-corrected chi connectivity index (χ3v) is 0.945. The Morgan fingerprint density at radius 3 is 1.22 bits per heavy atom. The van der Waals surface area contributed by atoms with Gasteiger partial charge in [-0.15, -0.1) is 24.0 Å². The first kappa shape index (κ1) is 12.3. The first-order valence-corrected chi connectivity index (χ1v) is 2.30. The summed E-state index contributed by atoms with van der Waals surface area (Å²) in [5.41, 5.74) is 3.94. The molecule has 0 rings (SSSR count). The van der Waals surface area contributed by atoms with Crippen LogP contribution >= 0.6 is 24.0 Å². The molecular formula is C4H12INO3. The van der Waals surface area contributed by atoms with Gasteiger partial charge in [-0.3, -0.25) is 0 Å². The van der Waals surface area contributed by atoms with Crippen LogP contribution in [0.2, 0.25) is 0 Å². The molecule has 0 saturated carbocycles. The van der Waals surface area contributed by atoms with E-state index < -0.39 is 25.4 Å². The molecule has 0 aliphatic rings. The summed E-state index contributed by atoms with van der Waals surface area (Å²) in [6, 6.07) is 0. The molecule has 58 valence electrons. The molecule has 5 heteroatoms. The Balaban J connectivity index is 0. The molecule has 0 aliphatic heterocycles. The molecule has 0 heterocycles. The molecule has 0 spiro atoms. The minimum Gasteiger partial charge on any atom is -0.394 e. The van der Waals surface area contributed by atoms with Crippen molar-refractivity contribution in [3.63, 3.8) is 0 Å². The number of hydrogen-bond acceptors (Lipinski definition) is 4. The molecule has 0 unspecified atom stereocenters. The zero-order chi connectivity index (χ0) is 6.62. The van der Waals surface area contributed by atoms with Crippen LogP contribution in [0.1, 0.15) is 0 Å². The van der Waals surface area contributed by atoms with Crippen LogP contribution in [0.25, 0.3) is 0 Å². The Morgan fingerprint density at radius 2 is 1.22 bits per heavy atom. The van der Waals surface area contributed by atoms with Gasteiger partial charge in [0.1, 0.15) is 0 Å². The van der Waals surface area contributed by atoms with Gasteiger partial charge in [0.15, 0.2) is 0 Å². The minimum absolute atomic E-state index is 0. The average Bonchev–Trinajstić information content (AvgIpc) is 1.87. The summed E-state index contributed by atoms with van der Waals surface area (Å²) in [5, 5.41) is 25.0. The molecule has 0 amide bonds. The summed E-state index contributed by atoms with van der Waals surface area (Å²) < 4.78 is 0. The quantitative estimate of drug-likeness (QED) is 0.448. The van der Waals surface area contributed by atoms with E-state index >= 15 is 0 Å². The fraction of sp³-hybridized carbons (Fsp3) is 1.00. The van der Waals surface area contributed by atoms with E-state index in [4.69, 9.17) is 21.1 Å². The second-order valence-corrected chi connectivity index (χ2v) is 1.84. The minimum atomic E-state index is -1.21. The normalized spacial score (nSPS) is 10.7. The van der Waals surface area contributed by atoms with E-state index in [-0.39, 0.29) is 24.0 Å². The zero-order valence-corrected chi connectivity index (χ0v) is 7.28.